The molecule has 0 bridgehead atoms. The lowest BCUT2D eigenvalue weighted by atomic mass is 10.0. The van der Waals surface area contributed by atoms with Gasteiger partial charge in [0.2, 0.25) is 0 Å². The molecule has 7 aromatic carbocycles. The first kappa shape index (κ1) is 23.9. The van der Waals surface area contributed by atoms with Crippen molar-refractivity contribution in [1.29, 1.82) is 0 Å². The smallest absolute Gasteiger partial charge is 0.159 e. The second-order valence-electron chi connectivity index (χ2n) is 11.1. The molecule has 0 unspecified atom stereocenters. The van der Waals surface area contributed by atoms with Crippen LogP contribution in [-0.4, -0.2) is 4.57 Å². The summed E-state index contributed by atoms with van der Waals surface area (Å²) in [7, 11) is 0. The van der Waals surface area contributed by atoms with Gasteiger partial charge >= 0.3 is 0 Å². The molecule has 202 valence electrons. The Bertz CT molecular complexity index is 2440. The van der Waals surface area contributed by atoms with E-state index in [2.05, 4.69) is 149 Å². The molecule has 0 atom stereocenters. The van der Waals surface area contributed by atoms with Crippen LogP contribution in [0.15, 0.2) is 156 Å². The van der Waals surface area contributed by atoms with E-state index in [-0.39, 0.29) is 0 Å². The average Bonchev–Trinajstić information content (AvgIpc) is 3.62. The predicted molar refractivity (Wildman–Crippen MR) is 181 cm³/mol. The van der Waals surface area contributed by atoms with Gasteiger partial charge in [0.05, 0.1) is 16.7 Å². The van der Waals surface area contributed by atoms with Gasteiger partial charge in [-0.1, -0.05) is 103 Å². The highest BCUT2D eigenvalue weighted by molar-refractivity contribution is 6.22. The number of hydrogen-bond acceptors (Lipinski definition) is 2. The molecule has 0 aliphatic heterocycles. The first-order valence-corrected chi connectivity index (χ1v) is 14.6. The van der Waals surface area contributed by atoms with E-state index in [1.807, 2.05) is 12.1 Å². The fourth-order valence-electron chi connectivity index (χ4n) is 6.62. The van der Waals surface area contributed by atoms with Crippen LogP contribution in [0.4, 0.5) is 11.4 Å². The Morgan fingerprint density at radius 1 is 0.488 bits per heavy atom. The van der Waals surface area contributed by atoms with Gasteiger partial charge in [0, 0.05) is 32.9 Å². The Labute approximate surface area is 248 Å². The molecule has 3 heteroatoms. The van der Waals surface area contributed by atoms with E-state index in [9.17, 15) is 0 Å². The predicted octanol–water partition coefficient (Wildman–Crippen LogP) is 11.2. The maximum atomic E-state index is 6.44. The number of fused-ring (bicyclic) bond motifs is 8. The lowest BCUT2D eigenvalue weighted by Gasteiger charge is -2.13. The van der Waals surface area contributed by atoms with Crippen molar-refractivity contribution in [2.75, 3.05) is 5.32 Å². The van der Waals surface area contributed by atoms with Crippen LogP contribution in [0.2, 0.25) is 0 Å². The number of rotatable bonds is 4. The molecule has 0 radical (unpaired) electrons. The fraction of sp³-hybridized carbons (Fsp3) is 0. The standard InChI is InChI=1S/C40H26N2O/c1-2-16-31-28(11-1)25-35(40-39(31)34-19-5-8-22-38(34)43-40)41-29-14-9-12-26(23-29)27-13-10-15-30(24-27)42-36-20-6-3-17-32(36)33-18-4-7-21-37(33)42/h1-25,41H. The van der Waals surface area contributed by atoms with Crippen molar-refractivity contribution in [1.82, 2.24) is 4.57 Å². The first-order chi connectivity index (χ1) is 21.3. The van der Waals surface area contributed by atoms with E-state index in [4.69, 9.17) is 4.42 Å². The molecule has 43 heavy (non-hydrogen) atoms. The minimum absolute atomic E-state index is 0.874. The highest BCUT2D eigenvalue weighted by Crippen LogP contribution is 2.40. The van der Waals surface area contributed by atoms with Gasteiger partial charge in [-0.2, -0.15) is 0 Å². The first-order valence-electron chi connectivity index (χ1n) is 14.6. The Morgan fingerprint density at radius 3 is 1.91 bits per heavy atom. The van der Waals surface area contributed by atoms with Crippen molar-refractivity contribution in [2.24, 2.45) is 0 Å². The van der Waals surface area contributed by atoms with Gasteiger partial charge in [-0.05, 0) is 70.4 Å². The summed E-state index contributed by atoms with van der Waals surface area (Å²) in [6, 6.07) is 53.7. The highest BCUT2D eigenvalue weighted by atomic mass is 16.3. The minimum Gasteiger partial charge on any atom is -0.454 e. The van der Waals surface area contributed by atoms with Crippen LogP contribution in [0, 0.1) is 0 Å². The van der Waals surface area contributed by atoms with Crippen molar-refractivity contribution < 1.29 is 4.42 Å². The van der Waals surface area contributed by atoms with Crippen LogP contribution in [0.25, 0.3) is 71.3 Å². The zero-order chi connectivity index (χ0) is 28.3. The number of furan rings is 1. The molecule has 2 aromatic heterocycles. The van der Waals surface area contributed by atoms with Crippen molar-refractivity contribution in [3.8, 4) is 16.8 Å². The normalized spacial score (nSPS) is 11.7. The van der Waals surface area contributed by atoms with Crippen molar-refractivity contribution in [2.45, 2.75) is 0 Å². The van der Waals surface area contributed by atoms with E-state index >= 15 is 0 Å². The van der Waals surface area contributed by atoms with Gasteiger partial charge in [-0.15, -0.1) is 0 Å². The summed E-state index contributed by atoms with van der Waals surface area (Å²) in [6.07, 6.45) is 0. The Balaban J connectivity index is 1.15. The molecule has 0 fully saturated rings. The van der Waals surface area contributed by atoms with E-state index in [0.717, 1.165) is 50.1 Å². The summed E-state index contributed by atoms with van der Waals surface area (Å²) >= 11 is 0. The molecule has 2 heterocycles. The SMILES string of the molecule is c1cc(Nc2cc3ccccc3c3c2oc2ccccc23)cc(-c2cccc(-n3c4ccccc4c4ccccc43)c2)c1. The molecule has 0 amide bonds. The number of hydrogen-bond donors (Lipinski definition) is 1. The minimum atomic E-state index is 0.874. The van der Waals surface area contributed by atoms with Crippen molar-refractivity contribution in [3.63, 3.8) is 0 Å². The third-order valence-corrected chi connectivity index (χ3v) is 8.53. The maximum absolute atomic E-state index is 6.44. The molecule has 9 aromatic rings. The number of aromatic nitrogens is 1. The highest BCUT2D eigenvalue weighted by Gasteiger charge is 2.16. The van der Waals surface area contributed by atoms with Crippen LogP contribution in [0.1, 0.15) is 0 Å². The van der Waals surface area contributed by atoms with Crippen LogP contribution in [0.5, 0.6) is 0 Å². The number of para-hydroxylation sites is 3. The van der Waals surface area contributed by atoms with E-state index in [1.165, 1.54) is 32.6 Å². The summed E-state index contributed by atoms with van der Waals surface area (Å²) in [5.41, 5.74) is 9.62. The fourth-order valence-corrected chi connectivity index (χ4v) is 6.62. The van der Waals surface area contributed by atoms with Gasteiger partial charge in [0.25, 0.3) is 0 Å². The number of benzene rings is 7. The molecule has 0 aliphatic rings. The van der Waals surface area contributed by atoms with Crippen molar-refractivity contribution in [3.05, 3.63) is 152 Å². The van der Waals surface area contributed by atoms with E-state index in [1.54, 1.807) is 0 Å². The molecule has 9 rings (SSSR count). The lowest BCUT2D eigenvalue weighted by Crippen LogP contribution is -1.95. The zero-order valence-electron chi connectivity index (χ0n) is 23.3. The Morgan fingerprint density at radius 2 is 1.12 bits per heavy atom. The summed E-state index contributed by atoms with van der Waals surface area (Å²) in [5, 5.41) is 10.9. The topological polar surface area (TPSA) is 30.1 Å². The van der Waals surface area contributed by atoms with Gasteiger partial charge in [-0.3, -0.25) is 0 Å². The quantitative estimate of drug-likeness (QED) is 0.236. The van der Waals surface area contributed by atoms with Crippen molar-refractivity contribution >= 4 is 65.9 Å². The molecule has 3 nitrogen and oxygen atoms in total. The van der Waals surface area contributed by atoms with Crippen LogP contribution in [-0.2, 0) is 0 Å². The lowest BCUT2D eigenvalue weighted by molar-refractivity contribution is 0.670. The number of nitrogens with one attached hydrogen (secondary N) is 1. The third kappa shape index (κ3) is 3.75. The molecular formula is C40H26N2O. The van der Waals surface area contributed by atoms with Gasteiger partial charge in [0.1, 0.15) is 5.58 Å². The van der Waals surface area contributed by atoms with Crippen LogP contribution < -0.4 is 5.32 Å². The summed E-state index contributed by atoms with van der Waals surface area (Å²) < 4.78 is 8.81. The van der Waals surface area contributed by atoms with Gasteiger partial charge in [0.15, 0.2) is 5.58 Å². The molecule has 0 saturated carbocycles. The van der Waals surface area contributed by atoms with E-state index in [0.29, 0.717) is 0 Å². The molecule has 0 aliphatic carbocycles. The number of nitrogens with zero attached hydrogens (tertiary/aromatic N) is 1. The van der Waals surface area contributed by atoms with E-state index < -0.39 is 0 Å². The number of anilines is 2. The second kappa shape index (κ2) is 9.37. The van der Waals surface area contributed by atoms with Crippen LogP contribution in [0.3, 0.4) is 0 Å². The summed E-state index contributed by atoms with van der Waals surface area (Å²) in [4.78, 5) is 0. The van der Waals surface area contributed by atoms with Crippen LogP contribution >= 0.6 is 0 Å². The molecule has 0 saturated heterocycles. The summed E-state index contributed by atoms with van der Waals surface area (Å²) in [5.74, 6) is 0. The van der Waals surface area contributed by atoms with Gasteiger partial charge < -0.3 is 14.3 Å². The molecular weight excluding hydrogens is 524 g/mol. The average molecular weight is 551 g/mol. The second-order valence-corrected chi connectivity index (χ2v) is 11.1. The summed E-state index contributed by atoms with van der Waals surface area (Å²) in [6.45, 7) is 0. The Kier molecular flexibility index (Phi) is 5.20. The van der Waals surface area contributed by atoms with Gasteiger partial charge in [-0.25, -0.2) is 0 Å². The monoisotopic (exact) mass is 550 g/mol. The largest absolute Gasteiger partial charge is 0.454 e. The third-order valence-electron chi connectivity index (χ3n) is 8.53. The molecule has 1 N–H and O–H groups in total. The zero-order valence-corrected chi connectivity index (χ0v) is 23.3. The molecule has 0 spiro atoms. The Hall–Kier alpha value is -5.80. The maximum Gasteiger partial charge on any atom is 0.159 e.